The number of rotatable bonds is 8. The van der Waals surface area contributed by atoms with Gasteiger partial charge in [0.15, 0.2) is 5.96 Å². The second-order valence-electron chi connectivity index (χ2n) is 8.33. The monoisotopic (exact) mass is 419 g/mol. The molecule has 0 aliphatic carbocycles. The zero-order valence-electron chi connectivity index (χ0n) is 18.6. The molecule has 2 fully saturated rings. The van der Waals surface area contributed by atoms with Crippen molar-refractivity contribution in [3.05, 3.63) is 35.6 Å². The summed E-state index contributed by atoms with van der Waals surface area (Å²) in [4.78, 5) is 9.33. The number of hydrogen-bond acceptors (Lipinski definition) is 4. The van der Waals surface area contributed by atoms with Crippen LogP contribution in [-0.4, -0.2) is 81.3 Å². The van der Waals surface area contributed by atoms with Crippen molar-refractivity contribution < 1.29 is 9.13 Å². The van der Waals surface area contributed by atoms with E-state index in [1.165, 1.54) is 31.9 Å². The number of benzene rings is 1. The second kappa shape index (κ2) is 12.2. The van der Waals surface area contributed by atoms with Gasteiger partial charge in [-0.25, -0.2) is 4.39 Å². The molecule has 0 aromatic heterocycles. The quantitative estimate of drug-likeness (QED) is 0.385. The van der Waals surface area contributed by atoms with Gasteiger partial charge in [-0.2, -0.15) is 0 Å². The van der Waals surface area contributed by atoms with Crippen molar-refractivity contribution in [2.45, 2.75) is 44.7 Å². The number of guanidine groups is 1. The number of ether oxygens (including phenoxy) is 1. The van der Waals surface area contributed by atoms with Crippen molar-refractivity contribution >= 4 is 5.96 Å². The molecule has 0 bridgehead atoms. The fourth-order valence-electron chi connectivity index (χ4n) is 4.45. The Labute approximate surface area is 180 Å². The molecule has 2 atom stereocenters. The predicted molar refractivity (Wildman–Crippen MR) is 120 cm³/mol. The number of halogens is 1. The summed E-state index contributed by atoms with van der Waals surface area (Å²) in [5.74, 6) is 0.608. The van der Waals surface area contributed by atoms with Gasteiger partial charge in [0.05, 0.1) is 19.3 Å². The maximum Gasteiger partial charge on any atom is 0.191 e. The van der Waals surface area contributed by atoms with E-state index in [0.29, 0.717) is 25.8 Å². The van der Waals surface area contributed by atoms with Crippen LogP contribution < -0.4 is 10.6 Å². The normalized spacial score (nSPS) is 22.6. The van der Waals surface area contributed by atoms with E-state index < -0.39 is 0 Å². The number of morpholine rings is 1. The molecular weight excluding hydrogens is 381 g/mol. The predicted octanol–water partition coefficient (Wildman–Crippen LogP) is 2.63. The number of piperidine rings is 1. The molecule has 0 radical (unpaired) electrons. The van der Waals surface area contributed by atoms with Gasteiger partial charge in [-0.15, -0.1) is 0 Å². The Bertz CT molecular complexity index is 665. The summed E-state index contributed by atoms with van der Waals surface area (Å²) < 4.78 is 19.3. The Hall–Kier alpha value is -1.70. The molecule has 2 N–H and O–H groups in total. The minimum atomic E-state index is -0.194. The lowest BCUT2D eigenvalue weighted by molar-refractivity contribution is 0.0169. The molecule has 7 heteroatoms. The molecule has 0 spiro atoms. The zero-order valence-corrected chi connectivity index (χ0v) is 18.6. The van der Waals surface area contributed by atoms with Gasteiger partial charge in [-0.3, -0.25) is 9.89 Å². The summed E-state index contributed by atoms with van der Waals surface area (Å²) in [7, 11) is 1.80. The van der Waals surface area contributed by atoms with Gasteiger partial charge in [0.1, 0.15) is 5.82 Å². The SMILES string of the molecule is CN=C(NCCCN1CCCCC1C)NCC(c1cccc(F)c1)N1CCOCC1. The third-order valence-electron chi connectivity index (χ3n) is 6.26. The molecule has 2 unspecified atom stereocenters. The topological polar surface area (TPSA) is 52.1 Å². The highest BCUT2D eigenvalue weighted by molar-refractivity contribution is 5.79. The van der Waals surface area contributed by atoms with Crippen molar-refractivity contribution in [3.63, 3.8) is 0 Å². The first-order valence-electron chi connectivity index (χ1n) is 11.4. The van der Waals surface area contributed by atoms with E-state index in [1.54, 1.807) is 19.2 Å². The van der Waals surface area contributed by atoms with Crippen molar-refractivity contribution in [2.24, 2.45) is 4.99 Å². The largest absolute Gasteiger partial charge is 0.379 e. The highest BCUT2D eigenvalue weighted by Gasteiger charge is 2.23. The summed E-state index contributed by atoms with van der Waals surface area (Å²) in [6, 6.07) is 7.71. The third-order valence-corrected chi connectivity index (χ3v) is 6.26. The molecule has 3 rings (SSSR count). The molecule has 6 nitrogen and oxygen atoms in total. The Morgan fingerprint density at radius 2 is 2.07 bits per heavy atom. The molecule has 1 aromatic rings. The van der Waals surface area contributed by atoms with E-state index >= 15 is 0 Å². The fourth-order valence-corrected chi connectivity index (χ4v) is 4.45. The van der Waals surface area contributed by atoms with Gasteiger partial charge in [0, 0.05) is 45.8 Å². The fraction of sp³-hybridized carbons (Fsp3) is 0.696. The zero-order chi connectivity index (χ0) is 21.2. The van der Waals surface area contributed by atoms with Gasteiger partial charge in [-0.05, 0) is 50.4 Å². The van der Waals surface area contributed by atoms with E-state index in [1.807, 2.05) is 6.07 Å². The highest BCUT2D eigenvalue weighted by atomic mass is 19.1. The van der Waals surface area contributed by atoms with E-state index in [9.17, 15) is 4.39 Å². The maximum atomic E-state index is 13.8. The van der Waals surface area contributed by atoms with Crippen LogP contribution in [0.1, 0.15) is 44.2 Å². The molecular formula is C23H38FN5O. The summed E-state index contributed by atoms with van der Waals surface area (Å²) in [5, 5.41) is 6.89. The molecule has 0 amide bonds. The van der Waals surface area contributed by atoms with Gasteiger partial charge >= 0.3 is 0 Å². The van der Waals surface area contributed by atoms with Gasteiger partial charge in [0.25, 0.3) is 0 Å². The van der Waals surface area contributed by atoms with Crippen LogP contribution in [0.25, 0.3) is 0 Å². The van der Waals surface area contributed by atoms with Crippen LogP contribution in [0.2, 0.25) is 0 Å². The summed E-state index contributed by atoms with van der Waals surface area (Å²) in [6.45, 7) is 9.39. The van der Waals surface area contributed by atoms with Crippen LogP contribution >= 0.6 is 0 Å². The van der Waals surface area contributed by atoms with Crippen molar-refractivity contribution in [1.82, 2.24) is 20.4 Å². The highest BCUT2D eigenvalue weighted by Crippen LogP contribution is 2.22. The summed E-state index contributed by atoms with van der Waals surface area (Å²) in [5.41, 5.74) is 0.985. The number of aliphatic imine (C=N–C) groups is 1. The average Bonchev–Trinajstić information content (AvgIpc) is 2.77. The van der Waals surface area contributed by atoms with Crippen LogP contribution in [0.4, 0.5) is 4.39 Å². The Kier molecular flexibility index (Phi) is 9.36. The van der Waals surface area contributed by atoms with Crippen molar-refractivity contribution in [2.75, 3.05) is 59.5 Å². The minimum Gasteiger partial charge on any atom is -0.379 e. The minimum absolute atomic E-state index is 0.0809. The van der Waals surface area contributed by atoms with Crippen LogP contribution in [-0.2, 0) is 4.74 Å². The second-order valence-corrected chi connectivity index (χ2v) is 8.33. The summed E-state index contributed by atoms with van der Waals surface area (Å²) >= 11 is 0. The van der Waals surface area contributed by atoms with Crippen molar-refractivity contribution in [3.8, 4) is 0 Å². The molecule has 2 aliphatic heterocycles. The van der Waals surface area contributed by atoms with E-state index in [0.717, 1.165) is 44.1 Å². The van der Waals surface area contributed by atoms with Gasteiger partial charge in [-0.1, -0.05) is 18.6 Å². The van der Waals surface area contributed by atoms with Gasteiger partial charge in [0.2, 0.25) is 0 Å². The average molecular weight is 420 g/mol. The first-order valence-corrected chi connectivity index (χ1v) is 11.4. The number of hydrogen-bond donors (Lipinski definition) is 2. The standard InChI is InChI=1S/C23H38FN5O/c1-19-7-3-4-11-28(19)12-6-10-26-23(25-2)27-18-22(29-13-15-30-16-14-29)20-8-5-9-21(24)17-20/h5,8-9,17,19,22H,3-4,6-7,10-16,18H2,1-2H3,(H2,25,26,27). The Morgan fingerprint density at radius 1 is 1.23 bits per heavy atom. The first kappa shape index (κ1) is 23.0. The van der Waals surface area contributed by atoms with Crippen molar-refractivity contribution in [1.29, 1.82) is 0 Å². The van der Waals surface area contributed by atoms with Crippen LogP contribution in [0, 0.1) is 5.82 Å². The molecule has 2 heterocycles. The van der Waals surface area contributed by atoms with Crippen LogP contribution in [0.5, 0.6) is 0 Å². The smallest absolute Gasteiger partial charge is 0.191 e. The molecule has 2 saturated heterocycles. The Morgan fingerprint density at radius 3 is 2.80 bits per heavy atom. The lowest BCUT2D eigenvalue weighted by Gasteiger charge is -2.35. The summed E-state index contributed by atoms with van der Waals surface area (Å²) in [6.07, 6.45) is 5.10. The number of nitrogens with one attached hydrogen (secondary N) is 2. The molecule has 30 heavy (non-hydrogen) atoms. The number of nitrogens with zero attached hydrogens (tertiary/aromatic N) is 3. The third kappa shape index (κ3) is 6.93. The first-order chi connectivity index (χ1) is 14.7. The molecule has 0 saturated carbocycles. The van der Waals surface area contributed by atoms with Crippen LogP contribution in [0.15, 0.2) is 29.3 Å². The van der Waals surface area contributed by atoms with Gasteiger partial charge < -0.3 is 20.3 Å². The lowest BCUT2D eigenvalue weighted by Crippen LogP contribution is -2.46. The molecule has 168 valence electrons. The van der Waals surface area contributed by atoms with E-state index in [-0.39, 0.29) is 11.9 Å². The molecule has 1 aromatic carbocycles. The van der Waals surface area contributed by atoms with E-state index in [4.69, 9.17) is 4.74 Å². The van der Waals surface area contributed by atoms with E-state index in [2.05, 4.69) is 32.3 Å². The van der Waals surface area contributed by atoms with Crippen LogP contribution in [0.3, 0.4) is 0 Å². The Balaban J connectivity index is 1.49. The molecule has 2 aliphatic rings. The lowest BCUT2D eigenvalue weighted by atomic mass is 10.0. The number of likely N-dealkylation sites (tertiary alicyclic amines) is 1. The maximum absolute atomic E-state index is 13.8.